The van der Waals surface area contributed by atoms with E-state index in [9.17, 15) is 8.42 Å². The van der Waals surface area contributed by atoms with Gasteiger partial charge in [0.2, 0.25) is 0 Å². The van der Waals surface area contributed by atoms with E-state index < -0.39 is 9.84 Å². The van der Waals surface area contributed by atoms with Gasteiger partial charge in [-0.15, -0.1) is 0 Å². The number of hydrogen-bond acceptors (Lipinski definition) is 3. The third kappa shape index (κ3) is 4.03. The van der Waals surface area contributed by atoms with Crippen molar-refractivity contribution in [3.8, 4) is 0 Å². The van der Waals surface area contributed by atoms with Crippen LogP contribution in [-0.2, 0) is 21.8 Å². The van der Waals surface area contributed by atoms with Crippen LogP contribution in [0.3, 0.4) is 0 Å². The summed E-state index contributed by atoms with van der Waals surface area (Å²) in [5, 5.41) is 4.34. The highest BCUT2D eigenvalue weighted by atomic mass is 32.2. The van der Waals surface area contributed by atoms with Gasteiger partial charge in [-0.1, -0.05) is 20.8 Å². The van der Waals surface area contributed by atoms with Crippen LogP contribution in [0.25, 0.3) is 0 Å². The Morgan fingerprint density at radius 1 is 1.40 bits per heavy atom. The molecule has 0 saturated carbocycles. The van der Waals surface area contributed by atoms with Crippen LogP contribution in [0.15, 0.2) is 12.3 Å². The van der Waals surface area contributed by atoms with Crippen LogP contribution in [0.5, 0.6) is 0 Å². The van der Waals surface area contributed by atoms with E-state index in [4.69, 9.17) is 0 Å². The lowest BCUT2D eigenvalue weighted by atomic mass is 9.93. The summed E-state index contributed by atoms with van der Waals surface area (Å²) in [6, 6.07) is 1.93. The Labute approximate surface area is 91.2 Å². The van der Waals surface area contributed by atoms with Crippen LogP contribution >= 0.6 is 0 Å². The molecule has 0 bridgehead atoms. The third-order valence-electron chi connectivity index (χ3n) is 2.10. The maximum atomic E-state index is 11.0. The molecule has 4 nitrogen and oxygen atoms in total. The van der Waals surface area contributed by atoms with Crippen LogP contribution in [0, 0.1) is 0 Å². The fourth-order valence-electron chi connectivity index (χ4n) is 1.15. The van der Waals surface area contributed by atoms with Gasteiger partial charge < -0.3 is 0 Å². The molecule has 0 aliphatic rings. The summed E-state index contributed by atoms with van der Waals surface area (Å²) in [5.74, 6) is 0.137. The summed E-state index contributed by atoms with van der Waals surface area (Å²) >= 11 is 0. The summed E-state index contributed by atoms with van der Waals surface area (Å²) in [5.41, 5.74) is 0.993. The standard InChI is InChI=1S/C10H18N2O2S/c1-10(2,3)9-5-6-12(11-9)7-8-15(4,13)14/h5-6H,7-8H2,1-4H3. The molecule has 5 heteroatoms. The molecular weight excluding hydrogens is 212 g/mol. The van der Waals surface area contributed by atoms with Gasteiger partial charge in [-0.3, -0.25) is 4.68 Å². The van der Waals surface area contributed by atoms with Crippen molar-refractivity contribution in [3.05, 3.63) is 18.0 Å². The Kier molecular flexibility index (Phi) is 3.23. The average Bonchev–Trinajstić information content (AvgIpc) is 2.45. The molecule has 1 rings (SSSR count). The molecule has 0 spiro atoms. The fraction of sp³-hybridized carbons (Fsp3) is 0.700. The summed E-state index contributed by atoms with van der Waals surface area (Å²) in [4.78, 5) is 0. The first kappa shape index (κ1) is 12.2. The summed E-state index contributed by atoms with van der Waals surface area (Å²) < 4.78 is 23.6. The first-order valence-corrected chi connectivity index (χ1v) is 6.96. The molecule has 0 radical (unpaired) electrons. The van der Waals surface area contributed by atoms with Crippen molar-refractivity contribution in [2.45, 2.75) is 32.7 Å². The topological polar surface area (TPSA) is 52.0 Å². The van der Waals surface area contributed by atoms with E-state index in [2.05, 4.69) is 25.9 Å². The first-order valence-electron chi connectivity index (χ1n) is 4.90. The van der Waals surface area contributed by atoms with E-state index in [0.717, 1.165) is 5.69 Å². The van der Waals surface area contributed by atoms with Crippen LogP contribution < -0.4 is 0 Å². The number of sulfone groups is 1. The molecular formula is C10H18N2O2S. The van der Waals surface area contributed by atoms with Crippen LogP contribution in [0.4, 0.5) is 0 Å². The molecule has 0 unspecified atom stereocenters. The number of rotatable bonds is 3. The van der Waals surface area contributed by atoms with Crippen molar-refractivity contribution in [3.63, 3.8) is 0 Å². The predicted molar refractivity (Wildman–Crippen MR) is 60.6 cm³/mol. The lowest BCUT2D eigenvalue weighted by Crippen LogP contribution is -2.15. The molecule has 1 aromatic rings. The minimum Gasteiger partial charge on any atom is -0.271 e. The number of aryl methyl sites for hydroxylation is 1. The zero-order valence-electron chi connectivity index (χ0n) is 9.69. The second kappa shape index (κ2) is 3.96. The van der Waals surface area contributed by atoms with E-state index in [1.54, 1.807) is 4.68 Å². The minimum absolute atomic E-state index is 0.0103. The smallest absolute Gasteiger partial charge is 0.149 e. The van der Waals surface area contributed by atoms with Crippen LogP contribution in [0.1, 0.15) is 26.5 Å². The highest BCUT2D eigenvalue weighted by molar-refractivity contribution is 7.90. The molecule has 0 atom stereocenters. The van der Waals surface area contributed by atoms with Crippen LogP contribution in [0.2, 0.25) is 0 Å². The van der Waals surface area contributed by atoms with Gasteiger partial charge in [-0.05, 0) is 6.07 Å². The largest absolute Gasteiger partial charge is 0.271 e. The monoisotopic (exact) mass is 230 g/mol. The zero-order valence-corrected chi connectivity index (χ0v) is 10.5. The number of aromatic nitrogens is 2. The minimum atomic E-state index is -2.91. The predicted octanol–water partition coefficient (Wildman–Crippen LogP) is 1.23. The maximum absolute atomic E-state index is 11.0. The van der Waals surface area contributed by atoms with Gasteiger partial charge in [-0.2, -0.15) is 5.10 Å². The van der Waals surface area contributed by atoms with Crippen molar-refractivity contribution < 1.29 is 8.42 Å². The molecule has 0 aliphatic carbocycles. The van der Waals surface area contributed by atoms with Gasteiger partial charge in [-0.25, -0.2) is 8.42 Å². The molecule has 0 fully saturated rings. The van der Waals surface area contributed by atoms with Gasteiger partial charge in [0.05, 0.1) is 18.0 Å². The normalized spacial score (nSPS) is 13.1. The Morgan fingerprint density at radius 2 is 2.00 bits per heavy atom. The molecule has 1 aromatic heterocycles. The van der Waals surface area contributed by atoms with Gasteiger partial charge in [0.1, 0.15) is 9.84 Å². The second-order valence-electron chi connectivity index (χ2n) is 4.84. The fourth-order valence-corrected chi connectivity index (χ4v) is 1.66. The molecule has 0 aromatic carbocycles. The lowest BCUT2D eigenvalue weighted by Gasteiger charge is -2.14. The summed E-state index contributed by atoms with van der Waals surface area (Å²) in [6.07, 6.45) is 3.06. The third-order valence-corrected chi connectivity index (χ3v) is 3.02. The summed E-state index contributed by atoms with van der Waals surface area (Å²) in [7, 11) is -2.91. The average molecular weight is 230 g/mol. The van der Waals surface area contributed by atoms with E-state index in [0.29, 0.717) is 6.54 Å². The van der Waals surface area contributed by atoms with Gasteiger partial charge in [0.25, 0.3) is 0 Å². The highest BCUT2D eigenvalue weighted by Crippen LogP contribution is 2.19. The summed E-state index contributed by atoms with van der Waals surface area (Å²) in [6.45, 7) is 6.66. The van der Waals surface area contributed by atoms with E-state index in [-0.39, 0.29) is 11.2 Å². The van der Waals surface area contributed by atoms with Gasteiger partial charge in [0.15, 0.2) is 0 Å². The molecule has 1 heterocycles. The van der Waals surface area contributed by atoms with Crippen molar-refractivity contribution >= 4 is 9.84 Å². The SMILES string of the molecule is CC(C)(C)c1ccn(CCS(C)(=O)=O)n1. The number of hydrogen-bond donors (Lipinski definition) is 0. The Balaban J connectivity index is 2.70. The molecule has 0 aliphatic heterocycles. The Morgan fingerprint density at radius 3 is 2.40 bits per heavy atom. The van der Waals surface area contributed by atoms with E-state index in [1.165, 1.54) is 6.26 Å². The molecule has 0 N–H and O–H groups in total. The second-order valence-corrected chi connectivity index (χ2v) is 7.10. The Hall–Kier alpha value is -0.840. The van der Waals surface area contributed by atoms with Crippen molar-refractivity contribution in [2.24, 2.45) is 0 Å². The quantitative estimate of drug-likeness (QED) is 0.784. The molecule has 0 amide bonds. The van der Waals surface area contributed by atoms with Crippen molar-refractivity contribution in [1.82, 2.24) is 9.78 Å². The molecule has 86 valence electrons. The van der Waals surface area contributed by atoms with Crippen molar-refractivity contribution in [2.75, 3.05) is 12.0 Å². The van der Waals surface area contributed by atoms with E-state index in [1.807, 2.05) is 12.3 Å². The molecule has 15 heavy (non-hydrogen) atoms. The lowest BCUT2D eigenvalue weighted by molar-refractivity contribution is 0.538. The van der Waals surface area contributed by atoms with E-state index >= 15 is 0 Å². The maximum Gasteiger partial charge on any atom is 0.149 e. The van der Waals surface area contributed by atoms with Crippen LogP contribution in [-0.4, -0.2) is 30.2 Å². The Bertz CT molecular complexity index is 427. The van der Waals surface area contributed by atoms with Crippen molar-refractivity contribution in [1.29, 1.82) is 0 Å². The first-order chi connectivity index (χ1) is 6.68. The highest BCUT2D eigenvalue weighted by Gasteiger charge is 2.16. The number of nitrogens with zero attached hydrogens (tertiary/aromatic N) is 2. The van der Waals surface area contributed by atoms with Gasteiger partial charge in [0, 0.05) is 17.9 Å². The molecule has 0 saturated heterocycles. The zero-order chi connectivity index (χ0) is 11.7. The van der Waals surface area contributed by atoms with Gasteiger partial charge >= 0.3 is 0 Å².